The van der Waals surface area contributed by atoms with Crippen molar-refractivity contribution in [3.8, 4) is 5.75 Å². The van der Waals surface area contributed by atoms with Crippen LogP contribution in [0.25, 0.3) is 0 Å². The minimum atomic E-state index is 0.0748. The molecule has 0 bridgehead atoms. The van der Waals surface area contributed by atoms with E-state index in [0.717, 1.165) is 9.26 Å². The largest absolute Gasteiger partial charge is 0.507 e. The molecule has 0 radical (unpaired) electrons. The number of nitrogens with zero attached hydrogens (tertiary/aromatic N) is 5. The quantitative estimate of drug-likeness (QED) is 0.786. The number of rotatable bonds is 2. The van der Waals surface area contributed by atoms with Crippen LogP contribution < -0.4 is 5.73 Å². The molecule has 1 aromatic heterocycles. The second-order valence-electron chi connectivity index (χ2n) is 2.87. The smallest absolute Gasteiger partial charge is 0.263 e. The predicted octanol–water partition coefficient (Wildman–Crippen LogP) is 0.606. The normalized spacial score (nSPS) is 11.1. The van der Waals surface area contributed by atoms with Gasteiger partial charge in [-0.2, -0.15) is 5.10 Å². The van der Waals surface area contributed by atoms with Crippen molar-refractivity contribution in [2.24, 2.45) is 5.10 Å². The summed E-state index contributed by atoms with van der Waals surface area (Å²) in [4.78, 5) is 1.06. The first kappa shape index (κ1) is 10.6. The van der Waals surface area contributed by atoms with E-state index in [0.29, 0.717) is 5.56 Å². The van der Waals surface area contributed by atoms with Gasteiger partial charge in [-0.3, -0.25) is 0 Å². The Morgan fingerprint density at radius 1 is 1.50 bits per heavy atom. The third-order valence-corrected chi connectivity index (χ3v) is 2.27. The molecule has 0 spiro atoms. The van der Waals surface area contributed by atoms with Crippen molar-refractivity contribution in [2.45, 2.75) is 0 Å². The fraction of sp³-hybridized carbons (Fsp3) is 0. The first-order valence-electron chi connectivity index (χ1n) is 4.23. The van der Waals surface area contributed by atoms with Crippen molar-refractivity contribution in [1.82, 2.24) is 20.3 Å². The number of aromatic nitrogens is 4. The minimum absolute atomic E-state index is 0.0748. The number of nitrogens with two attached hydrogens (primary N) is 1. The summed E-state index contributed by atoms with van der Waals surface area (Å²) in [5.74, 6) is 0.185. The van der Waals surface area contributed by atoms with E-state index in [1.54, 1.807) is 18.2 Å². The number of halogens is 1. The second kappa shape index (κ2) is 4.27. The molecule has 1 heterocycles. The number of aromatic hydroxyl groups is 1. The van der Waals surface area contributed by atoms with Crippen molar-refractivity contribution < 1.29 is 5.11 Å². The van der Waals surface area contributed by atoms with E-state index in [9.17, 15) is 5.11 Å². The molecule has 2 aromatic rings. The number of nitrogen functional groups attached to an aromatic ring is 1. The number of hydrogen-bond acceptors (Lipinski definition) is 6. The van der Waals surface area contributed by atoms with E-state index in [-0.39, 0.29) is 11.7 Å². The van der Waals surface area contributed by atoms with Crippen LogP contribution in [0, 0.1) is 0 Å². The van der Waals surface area contributed by atoms with Gasteiger partial charge in [-0.05, 0) is 28.6 Å². The van der Waals surface area contributed by atoms with Gasteiger partial charge in [0.2, 0.25) is 0 Å². The summed E-state index contributed by atoms with van der Waals surface area (Å²) in [6, 6.07) is 4.98. The number of hydrogen-bond donors (Lipinski definition) is 2. The summed E-state index contributed by atoms with van der Waals surface area (Å²) < 4.78 is 0.830. The van der Waals surface area contributed by atoms with Crippen LogP contribution in [0.1, 0.15) is 5.56 Å². The van der Waals surface area contributed by atoms with Crippen molar-refractivity contribution in [1.29, 1.82) is 0 Å². The molecule has 0 saturated heterocycles. The third-order valence-electron chi connectivity index (χ3n) is 1.77. The number of phenolic OH excluding ortho intramolecular Hbond substituents is 1. The monoisotopic (exact) mass is 282 g/mol. The predicted molar refractivity (Wildman–Crippen MR) is 61.0 cm³/mol. The van der Waals surface area contributed by atoms with Crippen molar-refractivity contribution in [3.05, 3.63) is 28.2 Å². The van der Waals surface area contributed by atoms with Gasteiger partial charge in [0.15, 0.2) is 0 Å². The molecule has 0 aliphatic carbocycles. The Morgan fingerprint density at radius 2 is 2.31 bits per heavy atom. The molecule has 0 amide bonds. The van der Waals surface area contributed by atoms with Gasteiger partial charge in [-0.15, -0.1) is 0 Å². The van der Waals surface area contributed by atoms with Crippen LogP contribution in [-0.2, 0) is 0 Å². The summed E-state index contributed by atoms with van der Waals surface area (Å²) in [6.45, 7) is 0. The molecular formula is C8H7BrN6O. The summed E-state index contributed by atoms with van der Waals surface area (Å²) in [5.41, 5.74) is 5.95. The Labute approximate surface area is 98.7 Å². The topological polar surface area (TPSA) is 102 Å². The average Bonchev–Trinajstić information content (AvgIpc) is 2.66. The maximum Gasteiger partial charge on any atom is 0.263 e. The Balaban J connectivity index is 2.30. The fourth-order valence-electron chi connectivity index (χ4n) is 1.02. The zero-order valence-electron chi connectivity index (χ0n) is 7.95. The SMILES string of the molecule is Nc1nnnn1/N=C\c1cc(Br)ccc1O. The standard InChI is InChI=1S/C8H7BrN6O/c9-6-1-2-7(16)5(3-6)4-11-15-8(10)12-13-14-15/h1-4,16H,(H2,10,12,14)/b11-4-. The lowest BCUT2D eigenvalue weighted by molar-refractivity contribution is 0.474. The van der Waals surface area contributed by atoms with Crippen molar-refractivity contribution >= 4 is 28.1 Å². The number of phenols is 1. The molecule has 2 rings (SSSR count). The van der Waals surface area contributed by atoms with Gasteiger partial charge in [-0.1, -0.05) is 25.8 Å². The van der Waals surface area contributed by atoms with Crippen molar-refractivity contribution in [3.63, 3.8) is 0 Å². The maximum atomic E-state index is 9.53. The highest BCUT2D eigenvalue weighted by Gasteiger charge is 2.00. The number of tetrazole rings is 1. The lowest BCUT2D eigenvalue weighted by atomic mass is 10.2. The number of anilines is 1. The van der Waals surface area contributed by atoms with Crippen LogP contribution in [0.3, 0.4) is 0 Å². The van der Waals surface area contributed by atoms with Gasteiger partial charge in [-0.25, -0.2) is 0 Å². The number of benzene rings is 1. The molecule has 7 nitrogen and oxygen atoms in total. The summed E-state index contributed by atoms with van der Waals surface area (Å²) in [5, 5.41) is 23.7. The molecule has 3 N–H and O–H groups in total. The highest BCUT2D eigenvalue weighted by Crippen LogP contribution is 2.20. The van der Waals surface area contributed by atoms with Gasteiger partial charge >= 0.3 is 0 Å². The Bertz CT molecular complexity index is 537. The molecule has 0 unspecified atom stereocenters. The average molecular weight is 283 g/mol. The lowest BCUT2D eigenvalue weighted by Crippen LogP contribution is -1.99. The first-order valence-corrected chi connectivity index (χ1v) is 5.03. The van der Waals surface area contributed by atoms with Gasteiger partial charge < -0.3 is 10.8 Å². The molecular weight excluding hydrogens is 276 g/mol. The highest BCUT2D eigenvalue weighted by molar-refractivity contribution is 9.10. The molecule has 0 fully saturated rings. The molecule has 0 aliphatic heterocycles. The molecule has 8 heteroatoms. The maximum absolute atomic E-state index is 9.53. The van der Waals surface area contributed by atoms with Crippen LogP contribution in [0.5, 0.6) is 5.75 Å². The molecule has 0 aliphatic rings. The van der Waals surface area contributed by atoms with E-state index >= 15 is 0 Å². The molecule has 0 atom stereocenters. The summed E-state index contributed by atoms with van der Waals surface area (Å²) >= 11 is 3.28. The van der Waals surface area contributed by atoms with Gasteiger partial charge in [0, 0.05) is 10.0 Å². The Morgan fingerprint density at radius 3 is 3.00 bits per heavy atom. The molecule has 0 saturated carbocycles. The zero-order valence-corrected chi connectivity index (χ0v) is 9.53. The third kappa shape index (κ3) is 2.16. The lowest BCUT2D eigenvalue weighted by Gasteiger charge is -1.98. The molecule has 1 aromatic carbocycles. The summed E-state index contributed by atoms with van der Waals surface area (Å²) in [7, 11) is 0. The van der Waals surface area contributed by atoms with E-state index in [4.69, 9.17) is 5.73 Å². The van der Waals surface area contributed by atoms with Crippen LogP contribution in [0.4, 0.5) is 5.95 Å². The van der Waals surface area contributed by atoms with E-state index < -0.39 is 0 Å². The summed E-state index contributed by atoms with van der Waals surface area (Å²) in [6.07, 6.45) is 1.41. The minimum Gasteiger partial charge on any atom is -0.507 e. The Kier molecular flexibility index (Phi) is 2.82. The van der Waals surface area contributed by atoms with Crippen LogP contribution >= 0.6 is 15.9 Å². The van der Waals surface area contributed by atoms with Crippen molar-refractivity contribution in [2.75, 3.05) is 5.73 Å². The van der Waals surface area contributed by atoms with Crippen LogP contribution in [0.15, 0.2) is 27.8 Å². The second-order valence-corrected chi connectivity index (χ2v) is 3.79. The van der Waals surface area contributed by atoms with Gasteiger partial charge in [0.25, 0.3) is 5.95 Å². The first-order chi connectivity index (χ1) is 7.66. The molecule has 16 heavy (non-hydrogen) atoms. The Hall–Kier alpha value is -1.96. The van der Waals surface area contributed by atoms with E-state index in [1.807, 2.05) is 0 Å². The van der Waals surface area contributed by atoms with Crippen LogP contribution in [-0.4, -0.2) is 31.6 Å². The zero-order chi connectivity index (χ0) is 11.5. The van der Waals surface area contributed by atoms with Crippen LogP contribution in [0.2, 0.25) is 0 Å². The van der Waals surface area contributed by atoms with Gasteiger partial charge in [0.05, 0.1) is 6.21 Å². The highest BCUT2D eigenvalue weighted by atomic mass is 79.9. The van der Waals surface area contributed by atoms with Gasteiger partial charge in [0.1, 0.15) is 5.75 Å². The van der Waals surface area contributed by atoms with E-state index in [2.05, 4.69) is 36.6 Å². The van der Waals surface area contributed by atoms with E-state index in [1.165, 1.54) is 6.21 Å². The fourth-order valence-corrected chi connectivity index (χ4v) is 1.40. The molecule has 82 valence electrons.